The first kappa shape index (κ1) is 23.1. The molecule has 0 saturated carbocycles. The first-order valence-corrected chi connectivity index (χ1v) is 10.8. The third-order valence-corrected chi connectivity index (χ3v) is 5.01. The fraction of sp³-hybridized carbons (Fsp3) is 0.308. The molecule has 0 bridgehead atoms. The van der Waals surface area contributed by atoms with Crippen LogP contribution in [0.15, 0.2) is 73.1 Å². The van der Waals surface area contributed by atoms with E-state index < -0.39 is 11.6 Å². The Balaban J connectivity index is 1.61. The van der Waals surface area contributed by atoms with Crippen LogP contribution >= 0.6 is 0 Å². The highest BCUT2D eigenvalue weighted by molar-refractivity contribution is 5.98. The van der Waals surface area contributed by atoms with Crippen molar-refractivity contribution in [1.82, 2.24) is 9.88 Å². The zero-order chi connectivity index (χ0) is 23.1. The number of carbonyl (C=O) groups is 2. The van der Waals surface area contributed by atoms with E-state index in [1.165, 1.54) is 0 Å². The molecule has 168 valence electrons. The summed E-state index contributed by atoms with van der Waals surface area (Å²) in [5.41, 5.74) is 1.46. The number of para-hydroxylation sites is 1. The number of ether oxygens (including phenoxy) is 2. The summed E-state index contributed by atoms with van der Waals surface area (Å²) < 4.78 is 12.8. The van der Waals surface area contributed by atoms with Gasteiger partial charge in [0.25, 0.3) is 5.91 Å². The number of rotatable bonds is 9. The van der Waals surface area contributed by atoms with Crippen LogP contribution in [0.1, 0.15) is 43.6 Å². The highest BCUT2D eigenvalue weighted by Gasteiger charge is 2.31. The number of nitrogens with one attached hydrogen (secondary N) is 1. The van der Waals surface area contributed by atoms with E-state index in [-0.39, 0.29) is 11.9 Å². The third-order valence-electron chi connectivity index (χ3n) is 5.01. The van der Waals surface area contributed by atoms with Gasteiger partial charge >= 0.3 is 5.97 Å². The molecule has 1 N–H and O–H groups in total. The maximum absolute atomic E-state index is 12.9. The molecule has 1 unspecified atom stereocenters. The Hall–Kier alpha value is -3.54. The van der Waals surface area contributed by atoms with E-state index in [9.17, 15) is 9.59 Å². The van der Waals surface area contributed by atoms with Crippen molar-refractivity contribution < 1.29 is 19.1 Å². The molecule has 6 heteroatoms. The number of hydrogen-bond donors (Lipinski definition) is 1. The lowest BCUT2D eigenvalue weighted by Crippen LogP contribution is -2.39. The van der Waals surface area contributed by atoms with Crippen LogP contribution in [-0.2, 0) is 16.0 Å². The first-order valence-electron chi connectivity index (χ1n) is 10.8. The summed E-state index contributed by atoms with van der Waals surface area (Å²) in [4.78, 5) is 24.9. The Kier molecular flexibility index (Phi) is 7.36. The molecule has 0 spiro atoms. The molecule has 0 radical (unpaired) electrons. The smallest absolute Gasteiger partial charge is 0.349 e. The number of hydrogen-bond acceptors (Lipinski definition) is 4. The molecule has 1 heterocycles. The standard InChI is InChI=1S/C26H30N2O4/c1-5-31-25(30)26(3,4)32-21-14-12-20(13-15-21)18-19(2)27-24(29)22-10-6-7-11-23(22)28-16-8-9-17-28/h6-17,19H,5,18H2,1-4H3,(H,27,29). The van der Waals surface area contributed by atoms with E-state index in [2.05, 4.69) is 5.32 Å². The average molecular weight is 435 g/mol. The van der Waals surface area contributed by atoms with Crippen LogP contribution in [0.25, 0.3) is 5.69 Å². The largest absolute Gasteiger partial charge is 0.476 e. The molecule has 0 saturated heterocycles. The molecule has 0 fully saturated rings. The molecule has 3 aromatic rings. The number of aromatic nitrogens is 1. The second-order valence-electron chi connectivity index (χ2n) is 8.16. The fourth-order valence-corrected chi connectivity index (χ4v) is 3.43. The highest BCUT2D eigenvalue weighted by atomic mass is 16.6. The Bertz CT molecular complexity index is 1040. The Morgan fingerprint density at radius 3 is 2.31 bits per heavy atom. The van der Waals surface area contributed by atoms with E-state index in [1.807, 2.05) is 84.5 Å². The van der Waals surface area contributed by atoms with Crippen LogP contribution in [0.2, 0.25) is 0 Å². The molecule has 1 atom stereocenters. The minimum atomic E-state index is -1.06. The molecule has 1 aromatic heterocycles. The third kappa shape index (κ3) is 5.78. The van der Waals surface area contributed by atoms with Crippen LogP contribution in [-0.4, -0.2) is 34.7 Å². The van der Waals surface area contributed by atoms with Crippen molar-refractivity contribution >= 4 is 11.9 Å². The zero-order valence-electron chi connectivity index (χ0n) is 19.0. The molecule has 1 amide bonds. The summed E-state index contributed by atoms with van der Waals surface area (Å²) in [7, 11) is 0. The van der Waals surface area contributed by atoms with Gasteiger partial charge in [-0.15, -0.1) is 0 Å². The van der Waals surface area contributed by atoms with E-state index >= 15 is 0 Å². The molecular weight excluding hydrogens is 404 g/mol. The number of amides is 1. The summed E-state index contributed by atoms with van der Waals surface area (Å²) in [6, 6.07) is 18.9. The van der Waals surface area contributed by atoms with Gasteiger partial charge in [-0.2, -0.15) is 0 Å². The van der Waals surface area contributed by atoms with Gasteiger partial charge < -0.3 is 19.4 Å². The lowest BCUT2D eigenvalue weighted by atomic mass is 10.1. The van der Waals surface area contributed by atoms with Crippen molar-refractivity contribution in [2.24, 2.45) is 0 Å². The summed E-state index contributed by atoms with van der Waals surface area (Å²) in [5.74, 6) is 0.0719. The number of nitrogens with zero attached hydrogens (tertiary/aromatic N) is 1. The van der Waals surface area contributed by atoms with E-state index in [4.69, 9.17) is 9.47 Å². The van der Waals surface area contributed by atoms with Crippen molar-refractivity contribution in [3.8, 4) is 11.4 Å². The number of carbonyl (C=O) groups excluding carboxylic acids is 2. The van der Waals surface area contributed by atoms with Crippen molar-refractivity contribution in [3.05, 3.63) is 84.2 Å². The molecule has 6 nitrogen and oxygen atoms in total. The van der Waals surface area contributed by atoms with Crippen LogP contribution in [0, 0.1) is 0 Å². The Morgan fingerprint density at radius 2 is 1.66 bits per heavy atom. The van der Waals surface area contributed by atoms with Gasteiger partial charge in [0.05, 0.1) is 17.9 Å². The quantitative estimate of drug-likeness (QED) is 0.501. The van der Waals surface area contributed by atoms with Gasteiger partial charge in [-0.3, -0.25) is 4.79 Å². The molecular formula is C26H30N2O4. The van der Waals surface area contributed by atoms with Gasteiger partial charge in [0, 0.05) is 18.4 Å². The summed E-state index contributed by atoms with van der Waals surface area (Å²) >= 11 is 0. The topological polar surface area (TPSA) is 69.6 Å². The highest BCUT2D eigenvalue weighted by Crippen LogP contribution is 2.21. The van der Waals surface area contributed by atoms with Crippen LogP contribution < -0.4 is 10.1 Å². The SMILES string of the molecule is CCOC(=O)C(C)(C)Oc1ccc(CC(C)NC(=O)c2ccccc2-n2cccc2)cc1. The number of benzene rings is 2. The monoisotopic (exact) mass is 434 g/mol. The minimum Gasteiger partial charge on any atom is -0.476 e. The van der Waals surface area contributed by atoms with Crippen LogP contribution in [0.5, 0.6) is 5.75 Å². The van der Waals surface area contributed by atoms with Crippen molar-refractivity contribution in [2.75, 3.05) is 6.61 Å². The normalized spacial score (nSPS) is 12.1. The lowest BCUT2D eigenvalue weighted by Gasteiger charge is -2.24. The number of esters is 1. The van der Waals surface area contributed by atoms with E-state index in [1.54, 1.807) is 20.8 Å². The zero-order valence-corrected chi connectivity index (χ0v) is 19.0. The van der Waals surface area contributed by atoms with Crippen molar-refractivity contribution in [3.63, 3.8) is 0 Å². The van der Waals surface area contributed by atoms with Crippen molar-refractivity contribution in [2.45, 2.75) is 45.8 Å². The predicted molar refractivity (Wildman–Crippen MR) is 124 cm³/mol. The molecule has 3 rings (SSSR count). The Morgan fingerprint density at radius 1 is 1.00 bits per heavy atom. The maximum atomic E-state index is 12.9. The van der Waals surface area contributed by atoms with Gasteiger partial charge in [0.2, 0.25) is 0 Å². The van der Waals surface area contributed by atoms with Gasteiger partial charge in [-0.25, -0.2) is 4.79 Å². The Labute approximate surface area is 189 Å². The second-order valence-corrected chi connectivity index (χ2v) is 8.16. The fourth-order valence-electron chi connectivity index (χ4n) is 3.43. The molecule has 2 aromatic carbocycles. The van der Waals surface area contributed by atoms with E-state index in [0.717, 1.165) is 11.3 Å². The van der Waals surface area contributed by atoms with Gasteiger partial charge in [-0.05, 0) is 76.1 Å². The van der Waals surface area contributed by atoms with Gasteiger partial charge in [-0.1, -0.05) is 24.3 Å². The predicted octanol–water partition coefficient (Wildman–Crippen LogP) is 4.56. The van der Waals surface area contributed by atoms with Crippen LogP contribution in [0.4, 0.5) is 0 Å². The van der Waals surface area contributed by atoms with Gasteiger partial charge in [0.15, 0.2) is 5.60 Å². The van der Waals surface area contributed by atoms with E-state index in [0.29, 0.717) is 24.3 Å². The summed E-state index contributed by atoms with van der Waals surface area (Å²) in [5, 5.41) is 3.08. The summed E-state index contributed by atoms with van der Waals surface area (Å²) in [6.45, 7) is 7.42. The summed E-state index contributed by atoms with van der Waals surface area (Å²) in [6.07, 6.45) is 4.50. The van der Waals surface area contributed by atoms with Gasteiger partial charge in [0.1, 0.15) is 5.75 Å². The maximum Gasteiger partial charge on any atom is 0.349 e. The first-order chi connectivity index (χ1) is 15.3. The lowest BCUT2D eigenvalue weighted by molar-refractivity contribution is -0.158. The van der Waals surface area contributed by atoms with Crippen LogP contribution in [0.3, 0.4) is 0 Å². The minimum absolute atomic E-state index is 0.0667. The molecule has 0 aliphatic rings. The molecule has 32 heavy (non-hydrogen) atoms. The average Bonchev–Trinajstić information content (AvgIpc) is 3.30. The molecule has 0 aliphatic carbocycles. The van der Waals surface area contributed by atoms with Crippen molar-refractivity contribution in [1.29, 1.82) is 0 Å². The second kappa shape index (κ2) is 10.2. The molecule has 0 aliphatic heterocycles.